The van der Waals surface area contributed by atoms with Crippen molar-refractivity contribution in [3.05, 3.63) is 194 Å². The lowest BCUT2D eigenvalue weighted by atomic mass is 9.92. The van der Waals surface area contributed by atoms with Crippen LogP contribution in [0.25, 0.3) is 122 Å². The first-order valence-corrected chi connectivity index (χ1v) is 25.4. The van der Waals surface area contributed by atoms with Crippen LogP contribution in [0.4, 0.5) is 0 Å². The summed E-state index contributed by atoms with van der Waals surface area (Å²) < 4.78 is 9.22. The summed E-state index contributed by atoms with van der Waals surface area (Å²) in [6.45, 7) is 13.4. The smallest absolute Gasteiger partial charge is 0.141 e. The van der Waals surface area contributed by atoms with Gasteiger partial charge in [0.15, 0.2) is 0 Å². The van der Waals surface area contributed by atoms with Crippen molar-refractivity contribution in [1.82, 2.24) is 48.2 Å². The molecule has 0 spiro atoms. The predicted molar refractivity (Wildman–Crippen MR) is 302 cm³/mol. The SMILES string of the molecule is CC(C)(C)Cc1nccc(-n2c3ccccc3c3cc4c(cc32)c2ccccc2n4-c2cc(-c3ccnc(-n4c5ccccc5c5cc6c(cc54)c4ccccc4n6-c4ccnc(CC(C)(C)C)n4)c3)ccn2)n1. The van der Waals surface area contributed by atoms with Gasteiger partial charge >= 0.3 is 0 Å². The Morgan fingerprint density at radius 2 is 0.595 bits per heavy atom. The Morgan fingerprint density at radius 1 is 0.297 bits per heavy atom. The first kappa shape index (κ1) is 43.7. The second kappa shape index (κ2) is 16.2. The second-order valence-electron chi connectivity index (χ2n) is 22.1. The van der Waals surface area contributed by atoms with Crippen LogP contribution in [0.3, 0.4) is 0 Å². The maximum atomic E-state index is 5.16. The van der Waals surface area contributed by atoms with Crippen LogP contribution in [0.1, 0.15) is 53.2 Å². The van der Waals surface area contributed by atoms with Crippen molar-refractivity contribution in [2.45, 2.75) is 54.4 Å². The molecule has 0 aliphatic carbocycles. The van der Waals surface area contributed by atoms with Crippen molar-refractivity contribution < 1.29 is 0 Å². The van der Waals surface area contributed by atoms with E-state index < -0.39 is 0 Å². The Morgan fingerprint density at radius 3 is 0.919 bits per heavy atom. The van der Waals surface area contributed by atoms with Gasteiger partial charge < -0.3 is 0 Å². The lowest BCUT2D eigenvalue weighted by Gasteiger charge is -2.17. The number of nitrogens with zero attached hydrogens (tertiary/aromatic N) is 10. The molecule has 10 nitrogen and oxygen atoms in total. The summed E-state index contributed by atoms with van der Waals surface area (Å²) >= 11 is 0. The molecule has 8 heterocycles. The molecule has 358 valence electrons. The molecular weight excluding hydrogens is 909 g/mol. The number of fused-ring (bicyclic) bond motifs is 12. The van der Waals surface area contributed by atoms with Gasteiger partial charge in [0.1, 0.15) is 34.9 Å². The number of hydrogen-bond acceptors (Lipinski definition) is 6. The quantitative estimate of drug-likeness (QED) is 0.158. The molecule has 0 fully saturated rings. The standard InChI is InChI=1S/C64H52N10/c1-63(2,3)37-57-65-29-25-59(69-57)71-49-19-11-7-15-41(49)45-35-55-47(33-53(45)71)43-17-9-13-21-51(43)73(55)61-31-39(23-27-67-61)40-24-28-68-62(32-40)74-52-22-14-10-18-44(52)48-34-54-46(36-56(48)74)42-16-8-12-20-50(42)72(54)60-26-30-66-58(70-60)38-64(4,5)6/h7-36H,37-38H2,1-6H3. The molecule has 0 saturated carbocycles. The fraction of sp³-hybridized carbons (Fsp3) is 0.156. The van der Waals surface area contributed by atoms with Crippen molar-refractivity contribution >= 4 is 87.2 Å². The van der Waals surface area contributed by atoms with Crippen LogP contribution in [-0.4, -0.2) is 48.2 Å². The number of aromatic nitrogens is 10. The Kier molecular flexibility index (Phi) is 9.60. The molecule has 0 bridgehead atoms. The molecule has 0 aliphatic heterocycles. The summed E-state index contributed by atoms with van der Waals surface area (Å²) in [7, 11) is 0. The zero-order valence-corrected chi connectivity index (χ0v) is 42.2. The number of rotatable bonds is 7. The zero-order chi connectivity index (χ0) is 50.0. The lowest BCUT2D eigenvalue weighted by Crippen LogP contribution is -2.13. The molecule has 14 aromatic rings. The van der Waals surface area contributed by atoms with E-state index in [9.17, 15) is 0 Å². The van der Waals surface area contributed by atoms with E-state index in [0.717, 1.165) is 146 Å². The van der Waals surface area contributed by atoms with Crippen LogP contribution >= 0.6 is 0 Å². The monoisotopic (exact) mass is 960 g/mol. The molecule has 0 amide bonds. The molecule has 74 heavy (non-hydrogen) atoms. The maximum absolute atomic E-state index is 5.16. The van der Waals surface area contributed by atoms with E-state index in [0.29, 0.717) is 0 Å². The summed E-state index contributed by atoms with van der Waals surface area (Å²) in [5, 5.41) is 9.22. The third-order valence-electron chi connectivity index (χ3n) is 14.4. The van der Waals surface area contributed by atoms with E-state index in [1.807, 2.05) is 36.9 Å². The Balaban J connectivity index is 0.915. The predicted octanol–water partition coefficient (Wildman–Crippen LogP) is 15.3. The Labute approximate surface area is 427 Å². The van der Waals surface area contributed by atoms with Crippen LogP contribution in [0.2, 0.25) is 0 Å². The minimum absolute atomic E-state index is 0.0555. The molecule has 0 saturated heterocycles. The number of para-hydroxylation sites is 4. The second-order valence-corrected chi connectivity index (χ2v) is 22.1. The van der Waals surface area contributed by atoms with Gasteiger partial charge in [-0.05, 0) is 107 Å². The highest BCUT2D eigenvalue weighted by Crippen LogP contribution is 2.42. The summed E-state index contributed by atoms with van der Waals surface area (Å²) in [6.07, 6.45) is 9.21. The minimum Gasteiger partial charge on any atom is -0.294 e. The van der Waals surface area contributed by atoms with E-state index in [2.05, 4.69) is 215 Å². The van der Waals surface area contributed by atoms with Gasteiger partial charge in [-0.1, -0.05) is 114 Å². The molecule has 10 heteroatoms. The average molecular weight is 961 g/mol. The largest absolute Gasteiger partial charge is 0.294 e. The Hall–Kier alpha value is -9.02. The van der Waals surface area contributed by atoms with Gasteiger partial charge in [-0.3, -0.25) is 18.3 Å². The van der Waals surface area contributed by atoms with Gasteiger partial charge in [0.2, 0.25) is 0 Å². The van der Waals surface area contributed by atoms with Crippen molar-refractivity contribution in [3.8, 4) is 34.4 Å². The van der Waals surface area contributed by atoms with Gasteiger partial charge in [-0.15, -0.1) is 0 Å². The van der Waals surface area contributed by atoms with E-state index in [1.165, 1.54) is 0 Å². The van der Waals surface area contributed by atoms with E-state index in [1.54, 1.807) is 0 Å². The molecule has 0 unspecified atom stereocenters. The maximum Gasteiger partial charge on any atom is 0.141 e. The molecule has 0 atom stereocenters. The van der Waals surface area contributed by atoms with Crippen LogP contribution in [-0.2, 0) is 12.8 Å². The summed E-state index contributed by atoms with van der Waals surface area (Å²) in [5.41, 5.74) is 10.9. The summed E-state index contributed by atoms with van der Waals surface area (Å²) in [6, 6.07) is 56.6. The van der Waals surface area contributed by atoms with Crippen LogP contribution < -0.4 is 0 Å². The molecule has 0 radical (unpaired) electrons. The van der Waals surface area contributed by atoms with Gasteiger partial charge in [0, 0.05) is 80.7 Å². The highest BCUT2D eigenvalue weighted by atomic mass is 15.1. The van der Waals surface area contributed by atoms with Crippen LogP contribution in [0, 0.1) is 10.8 Å². The minimum atomic E-state index is 0.0555. The van der Waals surface area contributed by atoms with Gasteiger partial charge in [0.05, 0.1) is 44.1 Å². The van der Waals surface area contributed by atoms with E-state index >= 15 is 0 Å². The fourth-order valence-corrected chi connectivity index (χ4v) is 11.4. The molecule has 8 aromatic heterocycles. The van der Waals surface area contributed by atoms with E-state index in [-0.39, 0.29) is 10.8 Å². The molecule has 0 aliphatic rings. The van der Waals surface area contributed by atoms with Crippen molar-refractivity contribution in [3.63, 3.8) is 0 Å². The van der Waals surface area contributed by atoms with Crippen LogP contribution in [0.5, 0.6) is 0 Å². The van der Waals surface area contributed by atoms with E-state index in [4.69, 9.17) is 19.9 Å². The average Bonchev–Trinajstić information content (AvgIpc) is 4.11. The lowest BCUT2D eigenvalue weighted by molar-refractivity contribution is 0.400. The van der Waals surface area contributed by atoms with Crippen LogP contribution in [0.15, 0.2) is 183 Å². The zero-order valence-electron chi connectivity index (χ0n) is 42.2. The molecule has 14 rings (SSSR count). The highest BCUT2D eigenvalue weighted by molar-refractivity contribution is 6.20. The van der Waals surface area contributed by atoms with Crippen molar-refractivity contribution in [2.75, 3.05) is 0 Å². The summed E-state index contributed by atoms with van der Waals surface area (Å²) in [5.74, 6) is 5.08. The van der Waals surface area contributed by atoms with Crippen molar-refractivity contribution in [2.24, 2.45) is 10.8 Å². The molecule has 6 aromatic carbocycles. The van der Waals surface area contributed by atoms with Gasteiger partial charge in [-0.2, -0.15) is 0 Å². The Bertz CT molecular complexity index is 4300. The summed E-state index contributed by atoms with van der Waals surface area (Å²) in [4.78, 5) is 29.9. The fourth-order valence-electron chi connectivity index (χ4n) is 11.4. The normalized spacial score (nSPS) is 12.6. The topological polar surface area (TPSA) is 97.1 Å². The number of pyridine rings is 2. The van der Waals surface area contributed by atoms with Crippen molar-refractivity contribution in [1.29, 1.82) is 0 Å². The molecular formula is C64H52N10. The molecule has 0 N–H and O–H groups in total. The number of benzene rings is 6. The third kappa shape index (κ3) is 7.07. The highest BCUT2D eigenvalue weighted by Gasteiger charge is 2.23. The van der Waals surface area contributed by atoms with Gasteiger partial charge in [-0.25, -0.2) is 29.9 Å². The first-order valence-electron chi connectivity index (χ1n) is 25.4. The van der Waals surface area contributed by atoms with Gasteiger partial charge in [0.25, 0.3) is 0 Å². The first-order chi connectivity index (χ1) is 35.9. The number of hydrogen-bond donors (Lipinski definition) is 0. The third-order valence-corrected chi connectivity index (χ3v) is 14.4.